The van der Waals surface area contributed by atoms with E-state index >= 15 is 0 Å². The Kier molecular flexibility index (Phi) is 1.39. The third-order valence-electron chi connectivity index (χ3n) is 1.94. The van der Waals surface area contributed by atoms with Crippen LogP contribution in [0.15, 0.2) is 24.4 Å². The summed E-state index contributed by atoms with van der Waals surface area (Å²) in [6, 6.07) is 6.26. The Morgan fingerprint density at radius 2 is 2.45 bits per heavy atom. The van der Waals surface area contributed by atoms with Crippen LogP contribution in [0.2, 0.25) is 0 Å². The highest BCUT2D eigenvalue weighted by atomic mass is 15.1. The summed E-state index contributed by atoms with van der Waals surface area (Å²) < 4.78 is 0. The van der Waals surface area contributed by atoms with Crippen LogP contribution >= 0.6 is 0 Å². The summed E-state index contributed by atoms with van der Waals surface area (Å²) in [5.41, 5.74) is 2.51. The molecule has 11 heavy (non-hydrogen) atoms. The monoisotopic (exact) mass is 148 g/mol. The lowest BCUT2D eigenvalue weighted by molar-refractivity contribution is 1.09. The SMILES string of the molecule is CCc1cccc2cn[nH]c12.[HH]. The van der Waals surface area contributed by atoms with E-state index < -0.39 is 0 Å². The van der Waals surface area contributed by atoms with E-state index in [1.54, 1.807) is 0 Å². The average Bonchev–Trinajstić information content (AvgIpc) is 2.50. The molecule has 2 aromatic rings. The summed E-state index contributed by atoms with van der Waals surface area (Å²) in [6.45, 7) is 2.15. The van der Waals surface area contributed by atoms with E-state index in [1.165, 1.54) is 16.5 Å². The van der Waals surface area contributed by atoms with E-state index in [0.29, 0.717) is 0 Å². The van der Waals surface area contributed by atoms with Crippen LogP contribution < -0.4 is 0 Å². The van der Waals surface area contributed by atoms with Crippen LogP contribution in [0.25, 0.3) is 10.9 Å². The highest BCUT2D eigenvalue weighted by molar-refractivity contribution is 5.81. The van der Waals surface area contributed by atoms with Gasteiger partial charge in [-0.3, -0.25) is 5.10 Å². The molecular formula is C9H12N2. The molecule has 2 nitrogen and oxygen atoms in total. The van der Waals surface area contributed by atoms with Crippen molar-refractivity contribution in [2.75, 3.05) is 0 Å². The van der Waals surface area contributed by atoms with Gasteiger partial charge >= 0.3 is 0 Å². The second-order valence-electron chi connectivity index (χ2n) is 2.60. The van der Waals surface area contributed by atoms with Crippen molar-refractivity contribution in [2.45, 2.75) is 13.3 Å². The largest absolute Gasteiger partial charge is 0.278 e. The van der Waals surface area contributed by atoms with Crippen molar-refractivity contribution in [3.8, 4) is 0 Å². The predicted molar refractivity (Wildman–Crippen MR) is 47.6 cm³/mol. The van der Waals surface area contributed by atoms with Crippen LogP contribution in [0.1, 0.15) is 13.9 Å². The maximum atomic E-state index is 3.98. The van der Waals surface area contributed by atoms with Gasteiger partial charge in [-0.25, -0.2) is 0 Å². The molecule has 0 radical (unpaired) electrons. The lowest BCUT2D eigenvalue weighted by Gasteiger charge is -1.95. The van der Waals surface area contributed by atoms with Gasteiger partial charge in [0.15, 0.2) is 0 Å². The summed E-state index contributed by atoms with van der Waals surface area (Å²) in [6.07, 6.45) is 2.91. The lowest BCUT2D eigenvalue weighted by Crippen LogP contribution is -1.81. The van der Waals surface area contributed by atoms with Gasteiger partial charge in [0.2, 0.25) is 0 Å². The zero-order valence-corrected chi connectivity index (χ0v) is 6.46. The van der Waals surface area contributed by atoms with Gasteiger partial charge in [0.05, 0.1) is 11.7 Å². The molecule has 58 valence electrons. The number of para-hydroxylation sites is 1. The molecule has 0 fully saturated rings. The fourth-order valence-corrected chi connectivity index (χ4v) is 1.32. The molecule has 1 N–H and O–H groups in total. The van der Waals surface area contributed by atoms with Crippen molar-refractivity contribution in [1.82, 2.24) is 10.2 Å². The summed E-state index contributed by atoms with van der Waals surface area (Å²) in [5, 5.41) is 8.17. The molecular weight excluding hydrogens is 136 g/mol. The number of fused-ring (bicyclic) bond motifs is 1. The van der Waals surface area contributed by atoms with Crippen LogP contribution in [-0.4, -0.2) is 10.2 Å². The molecule has 2 rings (SSSR count). The number of hydrogen-bond acceptors (Lipinski definition) is 1. The number of benzene rings is 1. The maximum Gasteiger partial charge on any atom is 0.0682 e. The van der Waals surface area contributed by atoms with Crippen molar-refractivity contribution in [1.29, 1.82) is 0 Å². The van der Waals surface area contributed by atoms with Crippen molar-refractivity contribution >= 4 is 10.9 Å². The molecule has 1 aromatic carbocycles. The van der Waals surface area contributed by atoms with Crippen LogP contribution in [0.5, 0.6) is 0 Å². The minimum absolute atomic E-state index is 0. The molecule has 0 saturated carbocycles. The molecule has 0 aliphatic carbocycles. The topological polar surface area (TPSA) is 28.7 Å². The smallest absolute Gasteiger partial charge is 0.0682 e. The maximum absolute atomic E-state index is 3.98. The van der Waals surface area contributed by atoms with Crippen LogP contribution in [0.4, 0.5) is 0 Å². The Hall–Kier alpha value is -1.31. The van der Waals surface area contributed by atoms with Crippen molar-refractivity contribution in [2.24, 2.45) is 0 Å². The Morgan fingerprint density at radius 1 is 1.55 bits per heavy atom. The molecule has 0 bridgehead atoms. The standard InChI is InChI=1S/C9H10N2.H2/c1-2-7-4-3-5-8-6-10-11-9(7)8;/h3-6H,2H2,1H3,(H,10,11);1H. The van der Waals surface area contributed by atoms with E-state index in [4.69, 9.17) is 0 Å². The Balaban J connectivity index is 0.000000720. The second-order valence-corrected chi connectivity index (χ2v) is 2.60. The van der Waals surface area contributed by atoms with E-state index in [1.807, 2.05) is 6.20 Å². The second kappa shape index (κ2) is 2.38. The highest BCUT2D eigenvalue weighted by Gasteiger charge is 1.98. The molecule has 1 heterocycles. The van der Waals surface area contributed by atoms with Crippen LogP contribution in [0, 0.1) is 0 Å². The highest BCUT2D eigenvalue weighted by Crippen LogP contribution is 2.15. The van der Waals surface area contributed by atoms with E-state index in [2.05, 4.69) is 35.3 Å². The third kappa shape index (κ3) is 0.909. The van der Waals surface area contributed by atoms with Crippen molar-refractivity contribution < 1.29 is 1.43 Å². The minimum Gasteiger partial charge on any atom is -0.278 e. The van der Waals surface area contributed by atoms with Crippen molar-refractivity contribution in [3.63, 3.8) is 0 Å². The van der Waals surface area contributed by atoms with E-state index in [-0.39, 0.29) is 1.43 Å². The molecule has 0 unspecified atom stereocenters. The Morgan fingerprint density at radius 3 is 3.27 bits per heavy atom. The van der Waals surface area contributed by atoms with Gasteiger partial charge in [0.1, 0.15) is 0 Å². The predicted octanol–water partition coefficient (Wildman–Crippen LogP) is 2.37. The van der Waals surface area contributed by atoms with Crippen molar-refractivity contribution in [3.05, 3.63) is 30.0 Å². The van der Waals surface area contributed by atoms with E-state index in [9.17, 15) is 0 Å². The molecule has 0 atom stereocenters. The van der Waals surface area contributed by atoms with Gasteiger partial charge in [0, 0.05) is 6.81 Å². The van der Waals surface area contributed by atoms with Gasteiger partial charge in [-0.15, -0.1) is 0 Å². The summed E-state index contributed by atoms with van der Waals surface area (Å²) >= 11 is 0. The fourth-order valence-electron chi connectivity index (χ4n) is 1.32. The fraction of sp³-hybridized carbons (Fsp3) is 0.222. The average molecular weight is 148 g/mol. The first-order chi connectivity index (χ1) is 5.42. The number of nitrogens with one attached hydrogen (secondary N) is 1. The van der Waals surface area contributed by atoms with Gasteiger partial charge in [0.25, 0.3) is 0 Å². The summed E-state index contributed by atoms with van der Waals surface area (Å²) in [4.78, 5) is 0. The number of rotatable bonds is 1. The molecule has 1 aromatic heterocycles. The van der Waals surface area contributed by atoms with Gasteiger partial charge in [-0.05, 0) is 12.0 Å². The number of aromatic nitrogens is 2. The van der Waals surface area contributed by atoms with Gasteiger partial charge < -0.3 is 0 Å². The summed E-state index contributed by atoms with van der Waals surface area (Å²) in [5.74, 6) is 0. The third-order valence-corrected chi connectivity index (χ3v) is 1.94. The zero-order chi connectivity index (χ0) is 7.68. The minimum atomic E-state index is 0. The molecule has 0 amide bonds. The zero-order valence-electron chi connectivity index (χ0n) is 6.46. The molecule has 0 spiro atoms. The lowest BCUT2D eigenvalue weighted by atomic mass is 10.1. The molecule has 0 aliphatic heterocycles. The van der Waals surface area contributed by atoms with Gasteiger partial charge in [-0.2, -0.15) is 5.10 Å². The number of aryl methyl sites for hydroxylation is 1. The number of H-pyrrole nitrogens is 1. The van der Waals surface area contributed by atoms with Crippen LogP contribution in [0.3, 0.4) is 0 Å². The molecule has 0 saturated heterocycles. The normalized spacial score (nSPS) is 10.6. The van der Waals surface area contributed by atoms with E-state index in [0.717, 1.165) is 6.42 Å². The first-order valence-electron chi connectivity index (χ1n) is 3.83. The Bertz CT molecular complexity index is 367. The first kappa shape index (κ1) is 6.40. The van der Waals surface area contributed by atoms with Gasteiger partial charge in [-0.1, -0.05) is 25.1 Å². The Labute approximate surface area is 66.7 Å². The quantitative estimate of drug-likeness (QED) is 0.660. The number of hydrogen-bond donors (Lipinski definition) is 1. The number of nitrogens with zero attached hydrogens (tertiary/aromatic N) is 1. The van der Waals surface area contributed by atoms with Crippen LogP contribution in [-0.2, 0) is 6.42 Å². The summed E-state index contributed by atoms with van der Waals surface area (Å²) in [7, 11) is 0. The molecule has 2 heteroatoms. The first-order valence-corrected chi connectivity index (χ1v) is 3.83. The number of aromatic amines is 1. The molecule has 0 aliphatic rings.